The van der Waals surface area contributed by atoms with E-state index in [9.17, 15) is 28.6 Å². The van der Waals surface area contributed by atoms with Gasteiger partial charge in [0.05, 0.1) is 18.6 Å². The minimum atomic E-state index is -2.63. The van der Waals surface area contributed by atoms with Crippen molar-refractivity contribution in [2.75, 3.05) is 32.8 Å². The average molecular weight is 522 g/mol. The number of aliphatic hydroxyl groups is 2. The monoisotopic (exact) mass is 521 g/mol. The number of piperidine rings is 1. The predicted molar refractivity (Wildman–Crippen MR) is 136 cm³/mol. The van der Waals surface area contributed by atoms with E-state index in [4.69, 9.17) is 5.73 Å². The summed E-state index contributed by atoms with van der Waals surface area (Å²) < 4.78 is 27.4. The van der Waals surface area contributed by atoms with Crippen molar-refractivity contribution in [3.05, 3.63) is 35.4 Å². The number of nitrogens with two attached hydrogens (primary N) is 1. The van der Waals surface area contributed by atoms with Crippen LogP contribution in [0.5, 0.6) is 0 Å². The highest BCUT2D eigenvalue weighted by Gasteiger charge is 2.43. The van der Waals surface area contributed by atoms with Crippen molar-refractivity contribution in [1.29, 1.82) is 0 Å². The van der Waals surface area contributed by atoms with Crippen LogP contribution in [0.2, 0.25) is 0 Å². The molecule has 1 unspecified atom stereocenters. The number of halogens is 2. The normalized spacial score (nSPS) is 26.2. The lowest BCUT2D eigenvalue weighted by molar-refractivity contribution is -0.148. The number of nitrogens with zero attached hydrogens (tertiary/aromatic N) is 2. The molecule has 3 atom stereocenters. The lowest BCUT2D eigenvalue weighted by atomic mass is 9.84. The van der Waals surface area contributed by atoms with E-state index in [-0.39, 0.29) is 24.7 Å². The number of primary amides is 1. The fourth-order valence-corrected chi connectivity index (χ4v) is 6.53. The molecule has 4 N–H and O–H groups in total. The average Bonchev–Trinajstić information content (AvgIpc) is 3.12. The number of hydrogen-bond donors (Lipinski definition) is 3. The summed E-state index contributed by atoms with van der Waals surface area (Å²) in [5, 5.41) is 19.7. The van der Waals surface area contributed by atoms with Crippen molar-refractivity contribution in [3.63, 3.8) is 0 Å². The second-order valence-corrected chi connectivity index (χ2v) is 11.7. The van der Waals surface area contributed by atoms with E-state index in [2.05, 4.69) is 11.0 Å². The first-order valence-corrected chi connectivity index (χ1v) is 13.6. The fraction of sp³-hybridized carbons (Fsp3) is 0.714. The van der Waals surface area contributed by atoms with E-state index in [1.54, 1.807) is 17.9 Å². The van der Waals surface area contributed by atoms with Gasteiger partial charge in [0.1, 0.15) is 0 Å². The summed E-state index contributed by atoms with van der Waals surface area (Å²) >= 11 is 0. The van der Waals surface area contributed by atoms with Gasteiger partial charge in [-0.05, 0) is 75.0 Å². The topological polar surface area (TPSA) is 107 Å². The SMILES string of the molecule is CC(CO)(CO)C(=O)N(CCN1[C@@H]2CC[C@H]1CC(c1cccc(C(N)=O)c1)C2)CC1CCC(F)(F)CC1. The van der Waals surface area contributed by atoms with E-state index in [1.165, 1.54) is 0 Å². The van der Waals surface area contributed by atoms with Crippen LogP contribution < -0.4 is 5.73 Å². The Kier molecular flexibility index (Phi) is 8.55. The van der Waals surface area contributed by atoms with E-state index in [0.29, 0.717) is 56.0 Å². The van der Waals surface area contributed by atoms with Crippen molar-refractivity contribution in [2.24, 2.45) is 17.1 Å². The van der Waals surface area contributed by atoms with Crippen LogP contribution in [-0.4, -0.2) is 82.7 Å². The molecule has 2 amide bonds. The zero-order valence-electron chi connectivity index (χ0n) is 21.7. The molecule has 206 valence electrons. The number of amides is 2. The number of rotatable bonds is 10. The lowest BCUT2D eigenvalue weighted by Gasteiger charge is -2.42. The molecule has 37 heavy (non-hydrogen) atoms. The number of benzene rings is 1. The Labute approximate surface area is 218 Å². The first-order valence-electron chi connectivity index (χ1n) is 13.6. The van der Waals surface area contributed by atoms with Gasteiger partial charge in [0.25, 0.3) is 0 Å². The Bertz CT molecular complexity index is 947. The van der Waals surface area contributed by atoms with Crippen molar-refractivity contribution in [2.45, 2.75) is 82.2 Å². The molecule has 3 aliphatic rings. The van der Waals surface area contributed by atoms with Crippen LogP contribution in [0.15, 0.2) is 24.3 Å². The summed E-state index contributed by atoms with van der Waals surface area (Å²) in [6, 6.07) is 8.32. The van der Waals surface area contributed by atoms with Gasteiger partial charge in [0.2, 0.25) is 17.7 Å². The fourth-order valence-electron chi connectivity index (χ4n) is 6.53. The van der Waals surface area contributed by atoms with Gasteiger partial charge >= 0.3 is 0 Å². The van der Waals surface area contributed by atoms with Crippen LogP contribution in [0.3, 0.4) is 0 Å². The van der Waals surface area contributed by atoms with E-state index in [0.717, 1.165) is 31.2 Å². The smallest absolute Gasteiger partial charge is 0.248 e. The van der Waals surface area contributed by atoms with E-state index in [1.807, 2.05) is 12.1 Å². The van der Waals surface area contributed by atoms with E-state index >= 15 is 0 Å². The minimum Gasteiger partial charge on any atom is -0.395 e. The third-order valence-corrected chi connectivity index (χ3v) is 8.97. The van der Waals surface area contributed by atoms with Crippen LogP contribution in [-0.2, 0) is 4.79 Å². The molecule has 2 aliphatic heterocycles. The van der Waals surface area contributed by atoms with Gasteiger partial charge in [0, 0.05) is 50.1 Å². The standard InChI is InChI=1S/C28H41F2N3O4/c1-27(17-34,18-35)26(37)32(16-19-7-9-28(29,30)10-8-19)11-12-33-23-5-6-24(33)15-22(14-23)20-3-2-4-21(13-20)25(31)36/h2-4,13,19,22-24,34-35H,5-12,14-18H2,1H3,(H2,31,36)/t22?,23-,24+. The third-order valence-electron chi connectivity index (χ3n) is 8.97. The third kappa shape index (κ3) is 6.32. The summed E-state index contributed by atoms with van der Waals surface area (Å²) in [4.78, 5) is 29.2. The maximum atomic E-state index is 13.7. The molecule has 9 heteroatoms. The van der Waals surface area contributed by atoms with Gasteiger partial charge in [-0.3, -0.25) is 14.5 Å². The molecule has 1 aliphatic carbocycles. The number of hydrogen-bond acceptors (Lipinski definition) is 5. The molecule has 1 aromatic carbocycles. The molecule has 3 fully saturated rings. The summed E-state index contributed by atoms with van der Waals surface area (Å²) in [5.41, 5.74) is 5.85. The van der Waals surface area contributed by atoms with Crippen molar-refractivity contribution in [3.8, 4) is 0 Å². The molecule has 2 heterocycles. The first-order chi connectivity index (χ1) is 17.5. The summed E-state index contributed by atoms with van der Waals surface area (Å²) in [7, 11) is 0. The van der Waals surface area contributed by atoms with Crippen LogP contribution in [0.1, 0.15) is 80.1 Å². The molecular weight excluding hydrogens is 480 g/mol. The van der Waals surface area contributed by atoms with Crippen molar-refractivity contribution in [1.82, 2.24) is 9.80 Å². The number of carbonyl (C=O) groups is 2. The van der Waals surface area contributed by atoms with Gasteiger partial charge in [-0.1, -0.05) is 12.1 Å². The molecular formula is C28H41F2N3O4. The Hall–Kier alpha value is -2.10. The largest absolute Gasteiger partial charge is 0.395 e. The second-order valence-electron chi connectivity index (χ2n) is 11.7. The molecule has 2 bridgehead atoms. The Morgan fingerprint density at radius 1 is 1.11 bits per heavy atom. The van der Waals surface area contributed by atoms with Gasteiger partial charge in [-0.25, -0.2) is 8.78 Å². The molecule has 2 saturated heterocycles. The summed E-state index contributed by atoms with van der Waals surface area (Å²) in [6.07, 6.45) is 4.50. The molecule has 7 nitrogen and oxygen atoms in total. The molecule has 1 saturated carbocycles. The molecule has 4 rings (SSSR count). The van der Waals surface area contributed by atoms with Gasteiger partial charge in [-0.15, -0.1) is 0 Å². The Morgan fingerprint density at radius 2 is 1.73 bits per heavy atom. The maximum Gasteiger partial charge on any atom is 0.248 e. The first kappa shape index (κ1) is 27.9. The summed E-state index contributed by atoms with van der Waals surface area (Å²) in [6.45, 7) is 2.09. The van der Waals surface area contributed by atoms with Gasteiger partial charge in [0.15, 0.2) is 0 Å². The number of alkyl halides is 2. The number of carbonyl (C=O) groups excluding carboxylic acids is 2. The molecule has 0 aromatic heterocycles. The van der Waals surface area contributed by atoms with E-state index < -0.39 is 30.5 Å². The minimum absolute atomic E-state index is 0.00907. The van der Waals surface area contributed by atoms with Crippen molar-refractivity contribution < 1.29 is 28.6 Å². The summed E-state index contributed by atoms with van der Waals surface area (Å²) in [5.74, 6) is -3.03. The molecule has 0 spiro atoms. The second kappa shape index (κ2) is 11.3. The highest BCUT2D eigenvalue weighted by Crippen LogP contribution is 2.43. The lowest BCUT2D eigenvalue weighted by Crippen LogP contribution is -2.52. The maximum absolute atomic E-state index is 13.7. The number of fused-ring (bicyclic) bond motifs is 2. The highest BCUT2D eigenvalue weighted by atomic mass is 19.3. The Morgan fingerprint density at radius 3 is 2.30 bits per heavy atom. The van der Waals surface area contributed by atoms with Crippen LogP contribution in [0.4, 0.5) is 8.78 Å². The highest BCUT2D eigenvalue weighted by molar-refractivity contribution is 5.92. The van der Waals surface area contributed by atoms with Crippen LogP contribution in [0.25, 0.3) is 0 Å². The number of aliphatic hydroxyl groups excluding tert-OH is 2. The van der Waals surface area contributed by atoms with Gasteiger partial charge < -0.3 is 20.8 Å². The predicted octanol–water partition coefficient (Wildman–Crippen LogP) is 3.14. The molecule has 1 aromatic rings. The zero-order valence-corrected chi connectivity index (χ0v) is 21.7. The quantitative estimate of drug-likeness (QED) is 0.439. The zero-order chi connectivity index (χ0) is 26.8. The van der Waals surface area contributed by atoms with Crippen LogP contribution in [0, 0.1) is 11.3 Å². The van der Waals surface area contributed by atoms with Crippen LogP contribution >= 0.6 is 0 Å². The van der Waals surface area contributed by atoms with Gasteiger partial charge in [-0.2, -0.15) is 0 Å². The Balaban J connectivity index is 1.42. The van der Waals surface area contributed by atoms with Crippen molar-refractivity contribution >= 4 is 11.8 Å². The molecule has 0 radical (unpaired) electrons.